The molecule has 0 aliphatic carbocycles. The Morgan fingerprint density at radius 2 is 0.929 bits per heavy atom. The van der Waals surface area contributed by atoms with E-state index < -0.39 is 30.7 Å². The van der Waals surface area contributed by atoms with Crippen molar-refractivity contribution < 1.29 is 33.2 Å². The molecule has 7 nitrogen and oxygen atoms in total. The zero-order valence-corrected chi connectivity index (χ0v) is 23.4. The molecule has 5 atom stereocenters. The summed E-state index contributed by atoms with van der Waals surface area (Å²) in [6.45, 7) is 1.90. The molecule has 4 aromatic carbocycles. The van der Waals surface area contributed by atoms with E-state index in [1.807, 2.05) is 121 Å². The highest BCUT2D eigenvalue weighted by molar-refractivity contribution is 5.37. The van der Waals surface area contributed by atoms with E-state index in [2.05, 4.69) is 0 Å². The van der Waals surface area contributed by atoms with Gasteiger partial charge in [-0.15, -0.1) is 0 Å². The Kier molecular flexibility index (Phi) is 11.3. The molecule has 42 heavy (non-hydrogen) atoms. The van der Waals surface area contributed by atoms with Crippen molar-refractivity contribution >= 4 is 6.47 Å². The van der Waals surface area contributed by atoms with E-state index in [9.17, 15) is 4.79 Å². The van der Waals surface area contributed by atoms with Crippen molar-refractivity contribution in [1.29, 1.82) is 0 Å². The van der Waals surface area contributed by atoms with Gasteiger partial charge in [0.15, 0.2) is 0 Å². The lowest BCUT2D eigenvalue weighted by Gasteiger charge is -2.45. The molecule has 4 aromatic rings. The van der Waals surface area contributed by atoms with Gasteiger partial charge >= 0.3 is 0 Å². The Hall–Kier alpha value is -3.85. The van der Waals surface area contributed by atoms with Crippen LogP contribution < -0.4 is 0 Å². The summed E-state index contributed by atoms with van der Waals surface area (Å²) in [7, 11) is 0. The van der Waals surface area contributed by atoms with Gasteiger partial charge in [-0.3, -0.25) is 4.79 Å². The van der Waals surface area contributed by atoms with Crippen LogP contribution in [0.5, 0.6) is 0 Å². The van der Waals surface area contributed by atoms with Crippen molar-refractivity contribution in [3.8, 4) is 0 Å². The second-order valence-corrected chi connectivity index (χ2v) is 10.1. The summed E-state index contributed by atoms with van der Waals surface area (Å²) in [5.41, 5.74) is 4.02. The minimum atomic E-state index is -1.02. The van der Waals surface area contributed by atoms with Crippen LogP contribution in [-0.2, 0) is 59.6 Å². The number of ether oxygens (including phenoxy) is 6. The maximum atomic E-state index is 11.6. The SMILES string of the molecule is O=CO[C@@H]1O[C@H](COCc2ccccc2)[C@@H](OCc2ccccc2)[C@H](OCc2ccccc2)[C@H]1OCc1ccccc1. The van der Waals surface area contributed by atoms with Crippen molar-refractivity contribution in [3.63, 3.8) is 0 Å². The molecule has 1 saturated heterocycles. The molecule has 0 unspecified atom stereocenters. The fraction of sp³-hybridized carbons (Fsp3) is 0.286. The lowest BCUT2D eigenvalue weighted by molar-refractivity contribution is -0.317. The first kappa shape index (κ1) is 29.6. The van der Waals surface area contributed by atoms with Crippen molar-refractivity contribution in [2.45, 2.75) is 57.1 Å². The molecule has 0 saturated carbocycles. The zero-order valence-electron chi connectivity index (χ0n) is 23.4. The Morgan fingerprint density at radius 1 is 0.524 bits per heavy atom. The van der Waals surface area contributed by atoms with E-state index in [4.69, 9.17) is 28.4 Å². The number of carbonyl (C=O) groups excluding carboxylic acids is 1. The molecule has 218 valence electrons. The minimum absolute atomic E-state index is 0.198. The first-order valence-corrected chi connectivity index (χ1v) is 14.1. The summed E-state index contributed by atoms with van der Waals surface area (Å²) in [6, 6.07) is 39.5. The molecular formula is C35H36O7. The summed E-state index contributed by atoms with van der Waals surface area (Å²) in [5, 5.41) is 0. The molecule has 0 N–H and O–H groups in total. The third-order valence-electron chi connectivity index (χ3n) is 7.03. The van der Waals surface area contributed by atoms with Crippen LogP contribution >= 0.6 is 0 Å². The highest BCUT2D eigenvalue weighted by Gasteiger charge is 2.49. The van der Waals surface area contributed by atoms with Gasteiger partial charge in [-0.1, -0.05) is 121 Å². The van der Waals surface area contributed by atoms with E-state index in [1.165, 1.54) is 0 Å². The molecular weight excluding hydrogens is 532 g/mol. The Morgan fingerprint density at radius 3 is 1.38 bits per heavy atom. The number of hydrogen-bond acceptors (Lipinski definition) is 7. The van der Waals surface area contributed by atoms with Crippen molar-refractivity contribution in [2.24, 2.45) is 0 Å². The molecule has 0 aromatic heterocycles. The Balaban J connectivity index is 1.40. The van der Waals surface area contributed by atoms with Gasteiger partial charge in [0.1, 0.15) is 24.4 Å². The van der Waals surface area contributed by atoms with Gasteiger partial charge in [-0.25, -0.2) is 0 Å². The fourth-order valence-electron chi connectivity index (χ4n) is 4.91. The van der Waals surface area contributed by atoms with E-state index in [1.54, 1.807) is 0 Å². The lowest BCUT2D eigenvalue weighted by Crippen LogP contribution is -2.61. The Bertz CT molecular complexity index is 1300. The van der Waals surface area contributed by atoms with Gasteiger partial charge in [0, 0.05) is 0 Å². The van der Waals surface area contributed by atoms with Crippen LogP contribution in [0.2, 0.25) is 0 Å². The molecule has 7 heteroatoms. The van der Waals surface area contributed by atoms with Crippen molar-refractivity contribution in [2.75, 3.05) is 6.61 Å². The van der Waals surface area contributed by atoms with E-state index in [0.717, 1.165) is 22.3 Å². The largest absolute Gasteiger partial charge is 0.435 e. The van der Waals surface area contributed by atoms with Gasteiger partial charge in [-0.05, 0) is 22.3 Å². The quantitative estimate of drug-likeness (QED) is 0.166. The summed E-state index contributed by atoms with van der Waals surface area (Å²) >= 11 is 0. The molecule has 1 aliphatic rings. The topological polar surface area (TPSA) is 72.5 Å². The van der Waals surface area contributed by atoms with Gasteiger partial charge in [0.25, 0.3) is 6.47 Å². The van der Waals surface area contributed by atoms with Crippen LogP contribution in [0.4, 0.5) is 0 Å². The fourth-order valence-corrected chi connectivity index (χ4v) is 4.91. The van der Waals surface area contributed by atoms with Crippen LogP contribution in [0.15, 0.2) is 121 Å². The molecule has 0 radical (unpaired) electrons. The molecule has 0 amide bonds. The average Bonchev–Trinajstić information content (AvgIpc) is 3.05. The molecule has 0 spiro atoms. The van der Waals surface area contributed by atoms with Gasteiger partial charge < -0.3 is 28.4 Å². The third-order valence-corrected chi connectivity index (χ3v) is 7.03. The number of hydrogen-bond donors (Lipinski definition) is 0. The van der Waals surface area contributed by atoms with Crippen molar-refractivity contribution in [1.82, 2.24) is 0 Å². The maximum absolute atomic E-state index is 11.6. The first-order valence-electron chi connectivity index (χ1n) is 14.1. The zero-order chi connectivity index (χ0) is 28.8. The normalized spacial score (nSPS) is 22.0. The van der Waals surface area contributed by atoms with E-state index in [0.29, 0.717) is 26.3 Å². The highest BCUT2D eigenvalue weighted by atomic mass is 16.7. The number of benzene rings is 4. The summed E-state index contributed by atoms with van der Waals surface area (Å²) in [6.07, 6.45) is -3.60. The summed E-state index contributed by atoms with van der Waals surface area (Å²) < 4.78 is 37.4. The Labute approximate surface area is 246 Å². The number of rotatable bonds is 15. The smallest absolute Gasteiger partial charge is 0.295 e. The lowest BCUT2D eigenvalue weighted by atomic mass is 9.97. The first-order chi connectivity index (χ1) is 20.8. The second kappa shape index (κ2) is 16.0. The van der Waals surface area contributed by atoms with Crippen LogP contribution in [0, 0.1) is 0 Å². The average molecular weight is 569 g/mol. The molecule has 1 heterocycles. The van der Waals surface area contributed by atoms with Crippen LogP contribution in [0.3, 0.4) is 0 Å². The van der Waals surface area contributed by atoms with Gasteiger partial charge in [-0.2, -0.15) is 0 Å². The number of carbonyl (C=O) groups is 1. The van der Waals surface area contributed by atoms with Crippen molar-refractivity contribution in [3.05, 3.63) is 144 Å². The predicted molar refractivity (Wildman–Crippen MR) is 157 cm³/mol. The second-order valence-electron chi connectivity index (χ2n) is 10.1. The third kappa shape index (κ3) is 8.58. The highest BCUT2D eigenvalue weighted by Crippen LogP contribution is 2.31. The summed E-state index contributed by atoms with van der Waals surface area (Å²) in [4.78, 5) is 11.6. The van der Waals surface area contributed by atoms with Gasteiger partial charge in [0.05, 0.1) is 33.0 Å². The standard InChI is InChI=1S/C35H36O7/c36-26-41-35-34(40-24-30-19-11-4-12-20-30)33(39-23-29-17-9-3-10-18-29)32(38-22-28-15-7-2-8-16-28)31(42-35)25-37-21-27-13-5-1-6-14-27/h1-20,26,31-35H,21-25H2/t31-,32-,33+,34-,35-/m1/s1. The predicted octanol–water partition coefficient (Wildman–Crippen LogP) is 5.86. The monoisotopic (exact) mass is 568 g/mol. The molecule has 1 fully saturated rings. The van der Waals surface area contributed by atoms with Crippen LogP contribution in [-0.4, -0.2) is 43.8 Å². The van der Waals surface area contributed by atoms with Crippen LogP contribution in [0.1, 0.15) is 22.3 Å². The maximum Gasteiger partial charge on any atom is 0.295 e. The molecule has 5 rings (SSSR count). The summed E-state index contributed by atoms with van der Waals surface area (Å²) in [5.74, 6) is 0. The van der Waals surface area contributed by atoms with E-state index in [-0.39, 0.29) is 13.2 Å². The molecule has 0 bridgehead atoms. The van der Waals surface area contributed by atoms with Gasteiger partial charge in [0.2, 0.25) is 6.29 Å². The van der Waals surface area contributed by atoms with E-state index >= 15 is 0 Å². The molecule has 1 aliphatic heterocycles. The minimum Gasteiger partial charge on any atom is -0.435 e. The van der Waals surface area contributed by atoms with Crippen LogP contribution in [0.25, 0.3) is 0 Å².